The lowest BCUT2D eigenvalue weighted by Gasteiger charge is -2.28. The van der Waals surface area contributed by atoms with E-state index in [1.54, 1.807) is 0 Å². The Balaban J connectivity index is 1.95. The Morgan fingerprint density at radius 1 is 1.36 bits per heavy atom. The van der Waals surface area contributed by atoms with Gasteiger partial charge in [0.2, 0.25) is 0 Å². The summed E-state index contributed by atoms with van der Waals surface area (Å²) < 4.78 is 5.08. The second-order valence-corrected chi connectivity index (χ2v) is 4.60. The first kappa shape index (κ1) is 9.01. The second-order valence-electron chi connectivity index (χ2n) is 4.60. The van der Waals surface area contributed by atoms with Crippen LogP contribution in [-0.2, 0) is 4.74 Å². The molecule has 0 aromatic rings. The molecule has 1 aliphatic rings. The van der Waals surface area contributed by atoms with Gasteiger partial charge in [-0.2, -0.15) is 0 Å². The molecule has 1 heterocycles. The van der Waals surface area contributed by atoms with Crippen LogP contribution < -0.4 is 5.32 Å². The van der Waals surface area contributed by atoms with Crippen molar-refractivity contribution in [2.45, 2.75) is 20.8 Å². The van der Waals surface area contributed by atoms with E-state index in [9.17, 15) is 0 Å². The average molecular weight is 157 g/mol. The highest BCUT2D eigenvalue weighted by atomic mass is 16.5. The van der Waals surface area contributed by atoms with Gasteiger partial charge in [-0.3, -0.25) is 0 Å². The molecule has 0 amide bonds. The SMILES string of the molecule is CC(C)(C)CNCC1COC1. The van der Waals surface area contributed by atoms with Crippen molar-refractivity contribution < 1.29 is 4.74 Å². The standard InChI is InChI=1S/C9H19NO/c1-9(2,3)7-10-4-8-5-11-6-8/h8,10H,4-7H2,1-3H3. The fourth-order valence-corrected chi connectivity index (χ4v) is 1.05. The third-order valence-electron chi connectivity index (χ3n) is 1.80. The summed E-state index contributed by atoms with van der Waals surface area (Å²) >= 11 is 0. The Bertz CT molecular complexity index is 113. The molecule has 1 saturated heterocycles. The maximum atomic E-state index is 5.08. The molecule has 1 fully saturated rings. The van der Waals surface area contributed by atoms with Crippen molar-refractivity contribution in [3.8, 4) is 0 Å². The summed E-state index contributed by atoms with van der Waals surface area (Å²) in [6.45, 7) is 10.9. The van der Waals surface area contributed by atoms with Gasteiger partial charge in [0.1, 0.15) is 0 Å². The number of hydrogen-bond acceptors (Lipinski definition) is 2. The van der Waals surface area contributed by atoms with E-state index in [1.165, 1.54) is 0 Å². The predicted molar refractivity (Wildman–Crippen MR) is 46.6 cm³/mol. The summed E-state index contributed by atoms with van der Waals surface area (Å²) in [5.74, 6) is 0.775. The summed E-state index contributed by atoms with van der Waals surface area (Å²) in [5.41, 5.74) is 0.407. The maximum Gasteiger partial charge on any atom is 0.0528 e. The van der Waals surface area contributed by atoms with Crippen LogP contribution in [-0.4, -0.2) is 26.3 Å². The van der Waals surface area contributed by atoms with Crippen molar-refractivity contribution in [2.24, 2.45) is 11.3 Å². The van der Waals surface area contributed by atoms with Gasteiger partial charge in [0, 0.05) is 19.0 Å². The zero-order chi connectivity index (χ0) is 8.32. The van der Waals surface area contributed by atoms with Crippen LogP contribution >= 0.6 is 0 Å². The van der Waals surface area contributed by atoms with E-state index in [0.717, 1.165) is 32.2 Å². The summed E-state index contributed by atoms with van der Waals surface area (Å²) in [6, 6.07) is 0. The normalized spacial score (nSPS) is 19.9. The molecule has 0 atom stereocenters. The molecule has 0 aromatic heterocycles. The maximum absolute atomic E-state index is 5.08. The first-order valence-corrected chi connectivity index (χ1v) is 4.36. The van der Waals surface area contributed by atoms with Crippen LogP contribution in [0.3, 0.4) is 0 Å². The van der Waals surface area contributed by atoms with Crippen molar-refractivity contribution in [3.63, 3.8) is 0 Å². The second kappa shape index (κ2) is 3.55. The van der Waals surface area contributed by atoms with Gasteiger partial charge in [-0.15, -0.1) is 0 Å². The van der Waals surface area contributed by atoms with Gasteiger partial charge < -0.3 is 10.1 Å². The lowest BCUT2D eigenvalue weighted by molar-refractivity contribution is -0.0312. The quantitative estimate of drug-likeness (QED) is 0.666. The fourth-order valence-electron chi connectivity index (χ4n) is 1.05. The molecule has 1 aliphatic heterocycles. The van der Waals surface area contributed by atoms with Gasteiger partial charge >= 0.3 is 0 Å². The minimum atomic E-state index is 0.407. The minimum Gasteiger partial charge on any atom is -0.381 e. The van der Waals surface area contributed by atoms with Crippen molar-refractivity contribution in [2.75, 3.05) is 26.3 Å². The van der Waals surface area contributed by atoms with E-state index in [0.29, 0.717) is 5.41 Å². The average Bonchev–Trinajstić information content (AvgIpc) is 1.73. The highest BCUT2D eigenvalue weighted by Crippen LogP contribution is 2.12. The van der Waals surface area contributed by atoms with Gasteiger partial charge in [-0.05, 0) is 5.41 Å². The lowest BCUT2D eigenvalue weighted by Crippen LogP contribution is -2.39. The van der Waals surface area contributed by atoms with E-state index in [1.807, 2.05) is 0 Å². The first-order valence-electron chi connectivity index (χ1n) is 4.36. The molecule has 66 valence electrons. The molecule has 0 radical (unpaired) electrons. The zero-order valence-electron chi connectivity index (χ0n) is 7.81. The summed E-state index contributed by atoms with van der Waals surface area (Å²) in [4.78, 5) is 0. The number of ether oxygens (including phenoxy) is 1. The topological polar surface area (TPSA) is 21.3 Å². The van der Waals surface area contributed by atoms with Crippen LogP contribution in [0.25, 0.3) is 0 Å². The Labute approximate surface area is 69.3 Å². The molecule has 2 heteroatoms. The molecule has 11 heavy (non-hydrogen) atoms. The van der Waals surface area contributed by atoms with Gasteiger partial charge in [0.05, 0.1) is 13.2 Å². The number of rotatable bonds is 3. The molecule has 1 rings (SSSR count). The Kier molecular flexibility index (Phi) is 2.90. The molecule has 0 unspecified atom stereocenters. The third-order valence-corrected chi connectivity index (χ3v) is 1.80. The highest BCUT2D eigenvalue weighted by Gasteiger charge is 2.18. The molecular weight excluding hydrogens is 138 g/mol. The molecule has 0 spiro atoms. The van der Waals surface area contributed by atoms with Gasteiger partial charge in [-0.25, -0.2) is 0 Å². The van der Waals surface area contributed by atoms with Gasteiger partial charge in [0.25, 0.3) is 0 Å². The van der Waals surface area contributed by atoms with Gasteiger partial charge in [0.15, 0.2) is 0 Å². The molecular formula is C9H19NO. The zero-order valence-corrected chi connectivity index (χ0v) is 7.81. The summed E-state index contributed by atoms with van der Waals surface area (Å²) in [7, 11) is 0. The van der Waals surface area contributed by atoms with Crippen LogP contribution in [0.4, 0.5) is 0 Å². The lowest BCUT2D eigenvalue weighted by atomic mass is 9.96. The van der Waals surface area contributed by atoms with E-state index >= 15 is 0 Å². The van der Waals surface area contributed by atoms with Crippen molar-refractivity contribution in [1.29, 1.82) is 0 Å². The summed E-state index contributed by atoms with van der Waals surface area (Å²) in [5, 5.41) is 3.45. The largest absolute Gasteiger partial charge is 0.381 e. The minimum absolute atomic E-state index is 0.407. The van der Waals surface area contributed by atoms with Gasteiger partial charge in [-0.1, -0.05) is 20.8 Å². The van der Waals surface area contributed by atoms with E-state index in [4.69, 9.17) is 4.74 Å². The molecule has 0 bridgehead atoms. The van der Waals surface area contributed by atoms with Crippen LogP contribution in [0.2, 0.25) is 0 Å². The van der Waals surface area contributed by atoms with Crippen molar-refractivity contribution in [3.05, 3.63) is 0 Å². The molecule has 0 saturated carbocycles. The smallest absolute Gasteiger partial charge is 0.0528 e. The first-order chi connectivity index (χ1) is 5.08. The Hall–Kier alpha value is -0.0800. The van der Waals surface area contributed by atoms with Crippen LogP contribution in [0.5, 0.6) is 0 Å². The van der Waals surface area contributed by atoms with Crippen LogP contribution in [0.1, 0.15) is 20.8 Å². The van der Waals surface area contributed by atoms with Crippen LogP contribution in [0, 0.1) is 11.3 Å². The monoisotopic (exact) mass is 157 g/mol. The van der Waals surface area contributed by atoms with Crippen LogP contribution in [0.15, 0.2) is 0 Å². The highest BCUT2D eigenvalue weighted by molar-refractivity contribution is 4.71. The van der Waals surface area contributed by atoms with Crippen molar-refractivity contribution >= 4 is 0 Å². The Morgan fingerprint density at radius 2 is 2.00 bits per heavy atom. The predicted octanol–water partition coefficient (Wildman–Crippen LogP) is 1.27. The molecule has 0 aromatic carbocycles. The molecule has 0 aliphatic carbocycles. The third kappa shape index (κ3) is 3.73. The van der Waals surface area contributed by atoms with E-state index in [-0.39, 0.29) is 0 Å². The number of nitrogens with one attached hydrogen (secondary N) is 1. The Morgan fingerprint density at radius 3 is 2.36 bits per heavy atom. The van der Waals surface area contributed by atoms with E-state index in [2.05, 4.69) is 26.1 Å². The molecule has 1 N–H and O–H groups in total. The summed E-state index contributed by atoms with van der Waals surface area (Å²) in [6.07, 6.45) is 0. The fraction of sp³-hybridized carbons (Fsp3) is 1.00. The van der Waals surface area contributed by atoms with E-state index < -0.39 is 0 Å². The number of hydrogen-bond donors (Lipinski definition) is 1. The van der Waals surface area contributed by atoms with Crippen molar-refractivity contribution in [1.82, 2.24) is 5.32 Å². The molecule has 2 nitrogen and oxygen atoms in total.